The van der Waals surface area contributed by atoms with Crippen molar-refractivity contribution in [3.63, 3.8) is 0 Å². The molecule has 1 aromatic rings. The van der Waals surface area contributed by atoms with Crippen molar-refractivity contribution >= 4 is 6.09 Å². The molecule has 6 heteroatoms. The van der Waals surface area contributed by atoms with Crippen molar-refractivity contribution in [2.45, 2.75) is 18.9 Å². The Hall–Kier alpha value is -1.98. The van der Waals surface area contributed by atoms with Gasteiger partial charge in [0.1, 0.15) is 11.9 Å². The summed E-state index contributed by atoms with van der Waals surface area (Å²) in [5.74, 6) is 1.23. The van der Waals surface area contributed by atoms with E-state index in [9.17, 15) is 4.79 Å². The Bertz CT molecular complexity index is 399. The van der Waals surface area contributed by atoms with Gasteiger partial charge in [0.05, 0.1) is 13.3 Å². The third kappa shape index (κ3) is 3.03. The molecule has 1 aliphatic rings. The number of ether oxygens (including phenoxy) is 2. The zero-order valence-corrected chi connectivity index (χ0v) is 10.2. The van der Waals surface area contributed by atoms with Crippen molar-refractivity contribution in [1.82, 2.24) is 9.88 Å². The van der Waals surface area contributed by atoms with E-state index in [-0.39, 0.29) is 6.10 Å². The van der Waals surface area contributed by atoms with Gasteiger partial charge in [-0.2, -0.15) is 0 Å². The maximum absolute atomic E-state index is 10.7. The van der Waals surface area contributed by atoms with Crippen LogP contribution in [0.25, 0.3) is 0 Å². The zero-order chi connectivity index (χ0) is 13.0. The molecule has 1 aliphatic heterocycles. The fourth-order valence-electron chi connectivity index (χ4n) is 1.89. The molecule has 0 spiro atoms. The first kappa shape index (κ1) is 12.5. The van der Waals surface area contributed by atoms with Crippen molar-refractivity contribution in [3.05, 3.63) is 18.3 Å². The molecule has 1 aromatic heterocycles. The number of pyridine rings is 1. The van der Waals surface area contributed by atoms with Crippen LogP contribution in [0.3, 0.4) is 0 Å². The largest absolute Gasteiger partial charge is 0.495 e. The van der Waals surface area contributed by atoms with Gasteiger partial charge in [0.2, 0.25) is 5.88 Å². The van der Waals surface area contributed by atoms with Gasteiger partial charge >= 0.3 is 6.09 Å². The molecule has 18 heavy (non-hydrogen) atoms. The van der Waals surface area contributed by atoms with Crippen molar-refractivity contribution in [2.75, 3.05) is 20.2 Å². The summed E-state index contributed by atoms with van der Waals surface area (Å²) in [6.07, 6.45) is 2.15. The second-order valence-electron chi connectivity index (χ2n) is 4.12. The van der Waals surface area contributed by atoms with Crippen molar-refractivity contribution in [1.29, 1.82) is 0 Å². The monoisotopic (exact) mass is 252 g/mol. The number of carbonyl (C=O) groups is 1. The average Bonchev–Trinajstić information content (AvgIpc) is 2.40. The molecule has 0 aromatic carbocycles. The first-order valence-corrected chi connectivity index (χ1v) is 5.83. The summed E-state index contributed by atoms with van der Waals surface area (Å²) in [5, 5.41) is 8.83. The predicted molar refractivity (Wildman–Crippen MR) is 64.0 cm³/mol. The smallest absolute Gasteiger partial charge is 0.407 e. The van der Waals surface area contributed by atoms with E-state index in [0.29, 0.717) is 37.6 Å². The normalized spacial score (nSPS) is 16.4. The minimum Gasteiger partial charge on any atom is -0.495 e. The number of nitrogens with zero attached hydrogens (tertiary/aromatic N) is 2. The highest BCUT2D eigenvalue weighted by atomic mass is 16.5. The molecule has 0 radical (unpaired) electrons. The highest BCUT2D eigenvalue weighted by Crippen LogP contribution is 2.19. The Morgan fingerprint density at radius 3 is 2.67 bits per heavy atom. The summed E-state index contributed by atoms with van der Waals surface area (Å²) in [6.45, 7) is 1.02. The highest BCUT2D eigenvalue weighted by molar-refractivity contribution is 5.65. The van der Waals surface area contributed by atoms with Gasteiger partial charge in [-0.3, -0.25) is 0 Å². The van der Waals surface area contributed by atoms with Gasteiger partial charge in [0.25, 0.3) is 0 Å². The number of rotatable bonds is 3. The predicted octanol–water partition coefficient (Wildman–Crippen LogP) is 1.61. The summed E-state index contributed by atoms with van der Waals surface area (Å²) in [7, 11) is 1.58. The van der Waals surface area contributed by atoms with E-state index in [1.54, 1.807) is 25.4 Å². The number of carboxylic acid groups (broad SMARTS) is 1. The van der Waals surface area contributed by atoms with Gasteiger partial charge in [-0.1, -0.05) is 0 Å². The number of methoxy groups -OCH3 is 1. The first-order chi connectivity index (χ1) is 8.69. The van der Waals surface area contributed by atoms with E-state index in [2.05, 4.69) is 4.98 Å². The highest BCUT2D eigenvalue weighted by Gasteiger charge is 2.23. The fraction of sp³-hybridized carbons (Fsp3) is 0.500. The molecule has 1 N–H and O–H groups in total. The number of piperidine rings is 1. The lowest BCUT2D eigenvalue weighted by Crippen LogP contribution is -2.41. The molecular formula is C12H16N2O4. The van der Waals surface area contributed by atoms with E-state index in [1.165, 1.54) is 4.90 Å². The molecule has 0 saturated carbocycles. The second kappa shape index (κ2) is 5.57. The summed E-state index contributed by atoms with van der Waals surface area (Å²) >= 11 is 0. The Kier molecular flexibility index (Phi) is 3.86. The van der Waals surface area contributed by atoms with Gasteiger partial charge < -0.3 is 19.5 Å². The molecule has 1 fully saturated rings. The number of likely N-dealkylation sites (tertiary alicyclic amines) is 1. The summed E-state index contributed by atoms with van der Waals surface area (Å²) in [5.41, 5.74) is 0. The van der Waals surface area contributed by atoms with Crippen LogP contribution in [-0.4, -0.2) is 47.4 Å². The number of amides is 1. The lowest BCUT2D eigenvalue weighted by molar-refractivity contribution is 0.0870. The molecule has 0 aliphatic carbocycles. The standard InChI is InChI=1S/C12H16N2O4/c1-17-10-2-3-11(13-8-10)18-9-4-6-14(7-5-9)12(15)16/h2-3,8-9H,4-7H2,1H3,(H,15,16). The third-order valence-electron chi connectivity index (χ3n) is 2.94. The molecule has 6 nitrogen and oxygen atoms in total. The van der Waals surface area contributed by atoms with E-state index in [4.69, 9.17) is 14.6 Å². The van der Waals surface area contributed by atoms with Gasteiger partial charge in [0, 0.05) is 32.0 Å². The summed E-state index contributed by atoms with van der Waals surface area (Å²) in [4.78, 5) is 16.3. The fourth-order valence-corrected chi connectivity index (χ4v) is 1.89. The SMILES string of the molecule is COc1ccc(OC2CCN(C(=O)O)CC2)nc1. The lowest BCUT2D eigenvalue weighted by Gasteiger charge is -2.29. The van der Waals surface area contributed by atoms with Gasteiger partial charge in [-0.05, 0) is 6.07 Å². The average molecular weight is 252 g/mol. The first-order valence-electron chi connectivity index (χ1n) is 5.83. The molecule has 1 saturated heterocycles. The minimum atomic E-state index is -0.865. The van der Waals surface area contributed by atoms with Crippen LogP contribution in [0.1, 0.15) is 12.8 Å². The molecular weight excluding hydrogens is 236 g/mol. The number of hydrogen-bond acceptors (Lipinski definition) is 4. The van der Waals surface area contributed by atoms with Crippen molar-refractivity contribution in [3.8, 4) is 11.6 Å². The molecule has 0 bridgehead atoms. The quantitative estimate of drug-likeness (QED) is 0.884. The van der Waals surface area contributed by atoms with Crippen molar-refractivity contribution in [2.24, 2.45) is 0 Å². The van der Waals surface area contributed by atoms with Crippen LogP contribution in [0.4, 0.5) is 4.79 Å². The second-order valence-corrected chi connectivity index (χ2v) is 4.12. The molecule has 0 atom stereocenters. The topological polar surface area (TPSA) is 71.9 Å². The van der Waals surface area contributed by atoms with Crippen LogP contribution < -0.4 is 9.47 Å². The van der Waals surface area contributed by atoms with Crippen LogP contribution >= 0.6 is 0 Å². The Balaban J connectivity index is 1.85. The van der Waals surface area contributed by atoms with E-state index in [1.807, 2.05) is 0 Å². The van der Waals surface area contributed by atoms with Crippen LogP contribution in [0.15, 0.2) is 18.3 Å². The van der Waals surface area contributed by atoms with Gasteiger partial charge in [-0.25, -0.2) is 9.78 Å². The molecule has 98 valence electrons. The summed E-state index contributed by atoms with van der Waals surface area (Å²) < 4.78 is 10.7. The van der Waals surface area contributed by atoms with Crippen LogP contribution in [-0.2, 0) is 0 Å². The maximum Gasteiger partial charge on any atom is 0.407 e. The number of aromatic nitrogens is 1. The molecule has 2 rings (SSSR count). The molecule has 0 unspecified atom stereocenters. The van der Waals surface area contributed by atoms with Crippen LogP contribution in [0, 0.1) is 0 Å². The third-order valence-corrected chi connectivity index (χ3v) is 2.94. The Morgan fingerprint density at radius 2 is 2.17 bits per heavy atom. The van der Waals surface area contributed by atoms with E-state index >= 15 is 0 Å². The summed E-state index contributed by atoms with van der Waals surface area (Å²) in [6, 6.07) is 3.54. The number of hydrogen-bond donors (Lipinski definition) is 1. The van der Waals surface area contributed by atoms with Gasteiger partial charge in [0.15, 0.2) is 0 Å². The van der Waals surface area contributed by atoms with Crippen LogP contribution in [0.5, 0.6) is 11.6 Å². The van der Waals surface area contributed by atoms with E-state index in [0.717, 1.165) is 0 Å². The zero-order valence-electron chi connectivity index (χ0n) is 10.2. The van der Waals surface area contributed by atoms with Crippen LogP contribution in [0.2, 0.25) is 0 Å². The lowest BCUT2D eigenvalue weighted by atomic mass is 10.1. The maximum atomic E-state index is 10.7. The molecule has 1 amide bonds. The Morgan fingerprint density at radius 1 is 1.44 bits per heavy atom. The minimum absolute atomic E-state index is 0.0292. The van der Waals surface area contributed by atoms with Gasteiger partial charge in [-0.15, -0.1) is 0 Å². The molecule has 2 heterocycles. The Labute approximate surface area is 105 Å². The van der Waals surface area contributed by atoms with E-state index < -0.39 is 6.09 Å². The van der Waals surface area contributed by atoms with Crippen molar-refractivity contribution < 1.29 is 19.4 Å².